The number of rotatable bonds is 25. The third-order valence-electron chi connectivity index (χ3n) is 6.16. The maximum absolute atomic E-state index is 3.91. The lowest BCUT2D eigenvalue weighted by molar-refractivity contribution is 0.531. The smallest absolute Gasteiger partial charge is 0.0351 e. The fourth-order valence-corrected chi connectivity index (χ4v) is 4.12. The summed E-state index contributed by atoms with van der Waals surface area (Å²) in [5.74, 6) is 0. The first-order valence-electron chi connectivity index (χ1n) is 13.6. The molecule has 2 radical (unpaired) electrons. The Morgan fingerprint density at radius 1 is 0.276 bits per heavy atom. The van der Waals surface area contributed by atoms with Crippen LogP contribution in [0.3, 0.4) is 0 Å². The fraction of sp³-hybridized carbons (Fsp3) is 0.862. The average molecular weight is 405 g/mol. The van der Waals surface area contributed by atoms with Gasteiger partial charge in [0.2, 0.25) is 0 Å². The maximum atomic E-state index is 3.91. The molecule has 0 heterocycles. The van der Waals surface area contributed by atoms with Gasteiger partial charge in [0.1, 0.15) is 0 Å². The third kappa shape index (κ3) is 27.7. The van der Waals surface area contributed by atoms with Crippen LogP contribution in [-0.2, 0) is 0 Å². The topological polar surface area (TPSA) is 0 Å². The molecule has 0 rings (SSSR count). The molecule has 0 amide bonds. The van der Waals surface area contributed by atoms with Crippen molar-refractivity contribution in [3.05, 3.63) is 26.0 Å². The summed E-state index contributed by atoms with van der Waals surface area (Å²) in [7, 11) is 0. The number of unbranched alkanes of at least 4 members (excludes halogenated alkanes) is 23. The van der Waals surface area contributed by atoms with Gasteiger partial charge in [-0.15, -0.1) is 0 Å². The van der Waals surface area contributed by atoms with Crippen molar-refractivity contribution in [1.82, 2.24) is 0 Å². The van der Waals surface area contributed by atoms with E-state index in [1.165, 1.54) is 148 Å². The van der Waals surface area contributed by atoms with Crippen molar-refractivity contribution in [2.75, 3.05) is 0 Å². The summed E-state index contributed by atoms with van der Waals surface area (Å²) in [4.78, 5) is 0. The Balaban J connectivity index is 3.04. The molecule has 0 atom stereocenters. The fourth-order valence-electron chi connectivity index (χ4n) is 4.12. The lowest BCUT2D eigenvalue weighted by Crippen LogP contribution is -1.83. The van der Waals surface area contributed by atoms with Gasteiger partial charge in [0, 0.05) is 0 Å². The van der Waals surface area contributed by atoms with Crippen LogP contribution >= 0.6 is 0 Å². The highest BCUT2D eigenvalue weighted by Gasteiger charge is 1.94. The van der Waals surface area contributed by atoms with Gasteiger partial charge >= 0.3 is 0 Å². The molecule has 0 N–H and O–H groups in total. The van der Waals surface area contributed by atoms with E-state index in [4.69, 9.17) is 0 Å². The largest absolute Gasteiger partial charge is 0.0885 e. The summed E-state index contributed by atoms with van der Waals surface area (Å²) < 4.78 is 0. The van der Waals surface area contributed by atoms with Crippen molar-refractivity contribution in [1.29, 1.82) is 0 Å². The van der Waals surface area contributed by atoms with Crippen LogP contribution in [0.15, 0.2) is 12.2 Å². The molecule has 0 aromatic rings. The molecule has 0 saturated carbocycles. The van der Waals surface area contributed by atoms with Gasteiger partial charge in [-0.1, -0.05) is 161 Å². The van der Waals surface area contributed by atoms with Crippen molar-refractivity contribution in [2.45, 2.75) is 161 Å². The Bertz CT molecular complexity index is 290. The zero-order valence-corrected chi connectivity index (χ0v) is 20.2. The summed E-state index contributed by atoms with van der Waals surface area (Å²) in [5, 5.41) is 0. The second-order valence-electron chi connectivity index (χ2n) is 9.18. The highest BCUT2D eigenvalue weighted by Crippen LogP contribution is 2.14. The Morgan fingerprint density at radius 2 is 0.483 bits per heavy atom. The van der Waals surface area contributed by atoms with Crippen molar-refractivity contribution >= 4 is 0 Å². The van der Waals surface area contributed by atoms with Crippen LogP contribution in [0.25, 0.3) is 0 Å². The normalized spacial score (nSPS) is 11.7. The SMILES string of the molecule is [CH2]CCCCCCCCC=CCCCCCCCCCCCCCCCCC[CH2]. The van der Waals surface area contributed by atoms with Crippen molar-refractivity contribution in [3.63, 3.8) is 0 Å². The van der Waals surface area contributed by atoms with E-state index < -0.39 is 0 Å². The van der Waals surface area contributed by atoms with E-state index in [2.05, 4.69) is 26.0 Å². The number of hydrogen-bond donors (Lipinski definition) is 0. The quantitative estimate of drug-likeness (QED) is 0.105. The predicted molar refractivity (Wildman–Crippen MR) is 135 cm³/mol. The Morgan fingerprint density at radius 3 is 0.724 bits per heavy atom. The van der Waals surface area contributed by atoms with E-state index in [-0.39, 0.29) is 0 Å². The standard InChI is InChI=1S/C29H56/c1-3-5-7-9-11-13-15-17-19-21-23-25-27-29-28-26-24-22-20-18-16-14-12-10-8-6-4-2/h19,21H,1-18,20,22-29H2. The molecule has 0 saturated heterocycles. The summed E-state index contributed by atoms with van der Waals surface area (Å²) in [6, 6.07) is 0. The summed E-state index contributed by atoms with van der Waals surface area (Å²) in [6.07, 6.45) is 39.7. The lowest BCUT2D eigenvalue weighted by Gasteiger charge is -2.03. The second-order valence-corrected chi connectivity index (χ2v) is 9.18. The molecule has 0 aliphatic carbocycles. The van der Waals surface area contributed by atoms with Gasteiger partial charge in [0.05, 0.1) is 0 Å². The molecule has 0 heteroatoms. The van der Waals surface area contributed by atoms with Crippen LogP contribution in [0.5, 0.6) is 0 Å². The van der Waals surface area contributed by atoms with Crippen LogP contribution in [0.4, 0.5) is 0 Å². The van der Waals surface area contributed by atoms with Crippen LogP contribution in [0.1, 0.15) is 161 Å². The molecule has 0 aromatic heterocycles. The molecule has 0 aliphatic rings. The molecule has 0 unspecified atom stereocenters. The van der Waals surface area contributed by atoms with Gasteiger partial charge in [-0.05, 0) is 25.7 Å². The van der Waals surface area contributed by atoms with Crippen LogP contribution in [0, 0.1) is 13.8 Å². The molecular weight excluding hydrogens is 348 g/mol. The number of allylic oxidation sites excluding steroid dienone is 2. The van der Waals surface area contributed by atoms with E-state index in [9.17, 15) is 0 Å². The average Bonchev–Trinajstić information content (AvgIpc) is 2.74. The molecular formula is C29H56. The Hall–Kier alpha value is -0.260. The highest BCUT2D eigenvalue weighted by molar-refractivity contribution is 4.81. The zero-order valence-electron chi connectivity index (χ0n) is 20.2. The monoisotopic (exact) mass is 404 g/mol. The van der Waals surface area contributed by atoms with E-state index in [0.717, 1.165) is 12.8 Å². The molecule has 0 nitrogen and oxygen atoms in total. The molecule has 0 aliphatic heterocycles. The lowest BCUT2D eigenvalue weighted by atomic mass is 10.0. The van der Waals surface area contributed by atoms with Gasteiger partial charge in [-0.3, -0.25) is 0 Å². The van der Waals surface area contributed by atoms with Gasteiger partial charge < -0.3 is 0 Å². The van der Waals surface area contributed by atoms with Crippen LogP contribution < -0.4 is 0 Å². The van der Waals surface area contributed by atoms with Gasteiger partial charge in [0.15, 0.2) is 0 Å². The molecule has 0 bridgehead atoms. The summed E-state index contributed by atoms with van der Waals surface area (Å²) >= 11 is 0. The van der Waals surface area contributed by atoms with Crippen molar-refractivity contribution in [2.24, 2.45) is 0 Å². The van der Waals surface area contributed by atoms with Gasteiger partial charge in [-0.25, -0.2) is 0 Å². The summed E-state index contributed by atoms with van der Waals surface area (Å²) in [5.41, 5.74) is 0. The van der Waals surface area contributed by atoms with Crippen molar-refractivity contribution in [3.8, 4) is 0 Å². The molecule has 0 aromatic carbocycles. The highest BCUT2D eigenvalue weighted by atomic mass is 14.0. The minimum absolute atomic E-state index is 1.11. The van der Waals surface area contributed by atoms with Crippen molar-refractivity contribution < 1.29 is 0 Å². The zero-order chi connectivity index (χ0) is 21.1. The van der Waals surface area contributed by atoms with E-state index in [1.54, 1.807) is 0 Å². The predicted octanol–water partition coefficient (Wildman–Crippen LogP) is 11.0. The third-order valence-corrected chi connectivity index (χ3v) is 6.16. The first-order valence-corrected chi connectivity index (χ1v) is 13.6. The first-order chi connectivity index (χ1) is 14.4. The molecule has 172 valence electrons. The number of hydrogen-bond acceptors (Lipinski definition) is 0. The Labute approximate surface area is 186 Å². The van der Waals surface area contributed by atoms with E-state index in [1.807, 2.05) is 0 Å². The minimum Gasteiger partial charge on any atom is -0.0885 e. The minimum atomic E-state index is 1.11. The van der Waals surface area contributed by atoms with Gasteiger partial charge in [0.25, 0.3) is 0 Å². The maximum Gasteiger partial charge on any atom is -0.0351 e. The molecule has 0 fully saturated rings. The molecule has 0 spiro atoms. The van der Waals surface area contributed by atoms with E-state index >= 15 is 0 Å². The second kappa shape index (κ2) is 27.7. The Kier molecular flexibility index (Phi) is 27.5. The first kappa shape index (κ1) is 28.7. The van der Waals surface area contributed by atoms with Crippen LogP contribution in [-0.4, -0.2) is 0 Å². The van der Waals surface area contributed by atoms with Crippen LogP contribution in [0.2, 0.25) is 0 Å². The van der Waals surface area contributed by atoms with E-state index in [0.29, 0.717) is 0 Å². The van der Waals surface area contributed by atoms with Gasteiger partial charge in [-0.2, -0.15) is 0 Å². The summed E-state index contributed by atoms with van der Waals surface area (Å²) in [6.45, 7) is 7.82. The molecule has 29 heavy (non-hydrogen) atoms.